The van der Waals surface area contributed by atoms with Gasteiger partial charge < -0.3 is 5.32 Å². The van der Waals surface area contributed by atoms with Gasteiger partial charge in [-0.15, -0.1) is 0 Å². The smallest absolute Gasteiger partial charge is 0.238 e. The molecule has 1 saturated heterocycles. The van der Waals surface area contributed by atoms with Crippen LogP contribution in [0.2, 0.25) is 5.02 Å². The van der Waals surface area contributed by atoms with E-state index in [1.54, 1.807) is 0 Å². The Kier molecular flexibility index (Phi) is 5.00. The average molecular weight is 299 g/mol. The first-order valence-electron chi connectivity index (χ1n) is 6.91. The Labute approximate surface area is 124 Å². The summed E-state index contributed by atoms with van der Waals surface area (Å²) in [6.07, 6.45) is 1.20. The van der Waals surface area contributed by atoms with Gasteiger partial charge in [-0.3, -0.25) is 9.69 Å². The molecule has 2 rings (SSSR count). The molecule has 1 aromatic carbocycles. The minimum atomic E-state index is -0.469. The van der Waals surface area contributed by atoms with Crippen LogP contribution in [0.1, 0.15) is 20.3 Å². The molecular formula is C15H20ClFN2O. The fourth-order valence-corrected chi connectivity index (χ4v) is 3.08. The molecule has 1 amide bonds. The highest BCUT2D eigenvalue weighted by Crippen LogP contribution is 2.22. The molecule has 110 valence electrons. The molecule has 3 nitrogen and oxygen atoms in total. The third-order valence-electron chi connectivity index (χ3n) is 3.51. The van der Waals surface area contributed by atoms with Gasteiger partial charge in [0.1, 0.15) is 5.82 Å². The predicted molar refractivity (Wildman–Crippen MR) is 79.4 cm³/mol. The number of carbonyl (C=O) groups is 1. The summed E-state index contributed by atoms with van der Waals surface area (Å²) in [7, 11) is 0. The first-order chi connectivity index (χ1) is 9.44. The first-order valence-corrected chi connectivity index (χ1v) is 7.29. The van der Waals surface area contributed by atoms with Crippen LogP contribution in [-0.2, 0) is 4.79 Å². The highest BCUT2D eigenvalue weighted by molar-refractivity contribution is 6.30. The number of hydrogen-bond donors (Lipinski definition) is 1. The Morgan fingerprint density at radius 3 is 2.70 bits per heavy atom. The van der Waals surface area contributed by atoms with E-state index in [2.05, 4.69) is 24.1 Å². The molecule has 1 aromatic rings. The van der Waals surface area contributed by atoms with E-state index in [4.69, 9.17) is 11.6 Å². The van der Waals surface area contributed by atoms with Crippen molar-refractivity contribution >= 4 is 23.2 Å². The summed E-state index contributed by atoms with van der Waals surface area (Å²) < 4.78 is 13.5. The molecule has 20 heavy (non-hydrogen) atoms. The maximum Gasteiger partial charge on any atom is 0.238 e. The molecule has 1 N–H and O–H groups in total. The van der Waals surface area contributed by atoms with Crippen molar-refractivity contribution in [2.75, 3.05) is 25.0 Å². The van der Waals surface area contributed by atoms with Crippen LogP contribution in [0.4, 0.5) is 10.1 Å². The normalized spacial score (nSPS) is 23.6. The number of nitrogens with one attached hydrogen (secondary N) is 1. The summed E-state index contributed by atoms with van der Waals surface area (Å²) in [6, 6.07) is 4.14. The fourth-order valence-electron chi connectivity index (χ4n) is 2.91. The standard InChI is InChI=1S/C15H20ClFN2O/c1-10-5-11(2)8-19(7-10)9-15(20)18-14-6-12(16)3-4-13(14)17/h3-4,6,10-11H,5,7-9H2,1-2H3,(H,18,20)/t10-,11-/m1/s1. The Bertz CT molecular complexity index is 485. The van der Waals surface area contributed by atoms with Crippen molar-refractivity contribution in [1.82, 2.24) is 4.90 Å². The average Bonchev–Trinajstić information content (AvgIpc) is 2.32. The summed E-state index contributed by atoms with van der Waals surface area (Å²) in [5, 5.41) is 2.99. The molecule has 1 aliphatic heterocycles. The molecule has 0 aliphatic carbocycles. The van der Waals surface area contributed by atoms with E-state index in [1.165, 1.54) is 24.6 Å². The van der Waals surface area contributed by atoms with E-state index in [0.29, 0.717) is 23.4 Å². The number of anilines is 1. The van der Waals surface area contributed by atoms with Gasteiger partial charge in [-0.25, -0.2) is 4.39 Å². The zero-order valence-corrected chi connectivity index (χ0v) is 12.6. The van der Waals surface area contributed by atoms with Crippen molar-refractivity contribution < 1.29 is 9.18 Å². The molecule has 1 aliphatic rings. The quantitative estimate of drug-likeness (QED) is 0.927. The molecule has 2 atom stereocenters. The molecular weight excluding hydrogens is 279 g/mol. The van der Waals surface area contributed by atoms with Crippen molar-refractivity contribution in [3.05, 3.63) is 29.0 Å². The Morgan fingerprint density at radius 2 is 2.05 bits per heavy atom. The van der Waals surface area contributed by atoms with E-state index >= 15 is 0 Å². The summed E-state index contributed by atoms with van der Waals surface area (Å²) in [6.45, 7) is 6.50. The minimum absolute atomic E-state index is 0.139. The number of nitrogens with zero attached hydrogens (tertiary/aromatic N) is 1. The zero-order chi connectivity index (χ0) is 14.7. The van der Waals surface area contributed by atoms with Crippen molar-refractivity contribution in [3.8, 4) is 0 Å². The lowest BCUT2D eigenvalue weighted by Crippen LogP contribution is -2.42. The predicted octanol–water partition coefficient (Wildman–Crippen LogP) is 3.40. The number of hydrogen-bond acceptors (Lipinski definition) is 2. The first kappa shape index (κ1) is 15.3. The Balaban J connectivity index is 1.93. The topological polar surface area (TPSA) is 32.3 Å². The summed E-state index contributed by atoms with van der Waals surface area (Å²) in [5.41, 5.74) is 0.139. The largest absolute Gasteiger partial charge is 0.322 e. The van der Waals surface area contributed by atoms with Gasteiger partial charge in [-0.1, -0.05) is 25.4 Å². The summed E-state index contributed by atoms with van der Waals surface area (Å²) in [5.74, 6) is 0.513. The van der Waals surface area contributed by atoms with E-state index < -0.39 is 5.82 Å². The van der Waals surface area contributed by atoms with Gasteiger partial charge in [-0.2, -0.15) is 0 Å². The van der Waals surface area contributed by atoms with Crippen LogP contribution in [0.25, 0.3) is 0 Å². The third kappa shape index (κ3) is 4.18. The number of rotatable bonds is 3. The van der Waals surface area contributed by atoms with E-state index in [9.17, 15) is 9.18 Å². The van der Waals surface area contributed by atoms with Crippen LogP contribution < -0.4 is 5.32 Å². The molecule has 0 saturated carbocycles. The Morgan fingerprint density at radius 1 is 1.40 bits per heavy atom. The second-order valence-corrected chi connectivity index (χ2v) is 6.25. The van der Waals surface area contributed by atoms with Crippen LogP contribution in [0.5, 0.6) is 0 Å². The van der Waals surface area contributed by atoms with Crippen molar-refractivity contribution in [2.45, 2.75) is 20.3 Å². The van der Waals surface area contributed by atoms with E-state index in [1.807, 2.05) is 0 Å². The number of carbonyl (C=O) groups excluding carboxylic acids is 1. The molecule has 0 unspecified atom stereocenters. The van der Waals surface area contributed by atoms with Gasteiger partial charge in [0.2, 0.25) is 5.91 Å². The number of likely N-dealkylation sites (tertiary alicyclic amines) is 1. The van der Waals surface area contributed by atoms with Gasteiger partial charge in [0.25, 0.3) is 0 Å². The lowest BCUT2D eigenvalue weighted by Gasteiger charge is -2.34. The molecule has 0 spiro atoms. The molecule has 0 radical (unpaired) electrons. The molecule has 1 heterocycles. The molecule has 1 fully saturated rings. The lowest BCUT2D eigenvalue weighted by atomic mass is 9.92. The third-order valence-corrected chi connectivity index (χ3v) is 3.75. The second-order valence-electron chi connectivity index (χ2n) is 5.81. The van der Waals surface area contributed by atoms with Crippen LogP contribution in [-0.4, -0.2) is 30.4 Å². The summed E-state index contributed by atoms with van der Waals surface area (Å²) >= 11 is 5.80. The van der Waals surface area contributed by atoms with Crippen molar-refractivity contribution in [2.24, 2.45) is 11.8 Å². The van der Waals surface area contributed by atoms with Crippen molar-refractivity contribution in [1.29, 1.82) is 0 Å². The maximum atomic E-state index is 13.5. The van der Waals surface area contributed by atoms with Crippen LogP contribution >= 0.6 is 11.6 Å². The SMILES string of the molecule is C[C@@H]1C[C@@H](C)CN(CC(=O)Nc2cc(Cl)ccc2F)C1. The maximum absolute atomic E-state index is 13.5. The number of halogens is 2. The monoisotopic (exact) mass is 298 g/mol. The second kappa shape index (κ2) is 6.55. The van der Waals surface area contributed by atoms with Gasteiger partial charge in [0, 0.05) is 18.1 Å². The Hall–Kier alpha value is -1.13. The van der Waals surface area contributed by atoms with E-state index in [-0.39, 0.29) is 11.6 Å². The lowest BCUT2D eigenvalue weighted by molar-refractivity contribution is -0.117. The van der Waals surface area contributed by atoms with Gasteiger partial charge in [0.05, 0.1) is 12.2 Å². The van der Waals surface area contributed by atoms with Gasteiger partial charge in [-0.05, 0) is 36.5 Å². The minimum Gasteiger partial charge on any atom is -0.322 e. The fraction of sp³-hybridized carbons (Fsp3) is 0.533. The van der Waals surface area contributed by atoms with Crippen LogP contribution in [0, 0.1) is 17.7 Å². The summed E-state index contributed by atoms with van der Waals surface area (Å²) in [4.78, 5) is 14.1. The highest BCUT2D eigenvalue weighted by atomic mass is 35.5. The zero-order valence-electron chi connectivity index (χ0n) is 11.8. The highest BCUT2D eigenvalue weighted by Gasteiger charge is 2.23. The van der Waals surface area contributed by atoms with Gasteiger partial charge in [0.15, 0.2) is 0 Å². The number of piperidine rings is 1. The molecule has 0 bridgehead atoms. The molecule has 5 heteroatoms. The van der Waals surface area contributed by atoms with E-state index in [0.717, 1.165) is 13.1 Å². The van der Waals surface area contributed by atoms with Crippen LogP contribution in [0.15, 0.2) is 18.2 Å². The number of benzene rings is 1. The van der Waals surface area contributed by atoms with Gasteiger partial charge >= 0.3 is 0 Å². The van der Waals surface area contributed by atoms with Crippen LogP contribution in [0.3, 0.4) is 0 Å². The van der Waals surface area contributed by atoms with Crippen molar-refractivity contribution in [3.63, 3.8) is 0 Å². The number of amides is 1. The molecule has 0 aromatic heterocycles.